The molecule has 30 heavy (non-hydrogen) atoms. The molecule has 7 heteroatoms. The number of urea groups is 1. The smallest absolute Gasteiger partial charge is 0.321 e. The highest BCUT2D eigenvalue weighted by Crippen LogP contribution is 2.26. The number of carbonyl (C=O) groups is 3. The Morgan fingerprint density at radius 1 is 1.00 bits per heavy atom. The van der Waals surface area contributed by atoms with Crippen molar-refractivity contribution < 1.29 is 14.4 Å². The predicted molar refractivity (Wildman–Crippen MR) is 116 cm³/mol. The number of nitrogens with one attached hydrogen (secondary N) is 2. The first-order valence-electron chi connectivity index (χ1n) is 11.0. The van der Waals surface area contributed by atoms with Crippen LogP contribution in [0.2, 0.25) is 0 Å². The highest BCUT2D eigenvalue weighted by molar-refractivity contribution is 5.97. The fraction of sp³-hybridized carbons (Fsp3) is 0.609. The minimum Gasteiger partial charge on any atom is -0.339 e. The van der Waals surface area contributed by atoms with Gasteiger partial charge in [0.15, 0.2) is 0 Å². The largest absolute Gasteiger partial charge is 0.339 e. The molecular weight excluding hydrogens is 380 g/mol. The summed E-state index contributed by atoms with van der Waals surface area (Å²) in [7, 11) is 0. The minimum absolute atomic E-state index is 0.0985. The molecule has 1 atom stereocenters. The number of rotatable bonds is 5. The maximum atomic E-state index is 13.1. The first kappa shape index (κ1) is 22.3. The van der Waals surface area contributed by atoms with Gasteiger partial charge in [-0.25, -0.2) is 4.79 Å². The van der Waals surface area contributed by atoms with E-state index in [1.165, 1.54) is 0 Å². The van der Waals surface area contributed by atoms with Crippen molar-refractivity contribution in [1.82, 2.24) is 20.4 Å². The summed E-state index contributed by atoms with van der Waals surface area (Å²) in [4.78, 5) is 41.6. The number of nitrogens with zero attached hydrogens (tertiary/aromatic N) is 2. The summed E-state index contributed by atoms with van der Waals surface area (Å²) in [6.45, 7) is 8.07. The van der Waals surface area contributed by atoms with Crippen LogP contribution in [0.25, 0.3) is 0 Å². The van der Waals surface area contributed by atoms with Gasteiger partial charge in [-0.1, -0.05) is 43.2 Å². The van der Waals surface area contributed by atoms with Crippen LogP contribution in [0.4, 0.5) is 4.79 Å². The molecule has 2 N–H and O–H groups in total. The third kappa shape index (κ3) is 5.19. The number of benzene rings is 1. The van der Waals surface area contributed by atoms with Gasteiger partial charge in [0, 0.05) is 32.2 Å². The molecule has 1 saturated heterocycles. The van der Waals surface area contributed by atoms with Crippen LogP contribution in [0.3, 0.4) is 0 Å². The average Bonchev–Trinajstić information content (AvgIpc) is 3.26. The average molecular weight is 415 g/mol. The first-order chi connectivity index (χ1) is 14.3. The second kappa shape index (κ2) is 9.60. The molecule has 2 fully saturated rings. The normalized spacial score (nSPS) is 19.4. The lowest BCUT2D eigenvalue weighted by molar-refractivity contribution is -0.138. The molecule has 7 nitrogen and oxygen atoms in total. The molecule has 1 saturated carbocycles. The van der Waals surface area contributed by atoms with Gasteiger partial charge in [-0.2, -0.15) is 0 Å². The summed E-state index contributed by atoms with van der Waals surface area (Å²) in [6, 6.07) is 9.17. The molecule has 1 unspecified atom stereocenters. The molecular formula is C23H34N4O3. The van der Waals surface area contributed by atoms with Crippen LogP contribution in [-0.4, -0.2) is 65.9 Å². The topological polar surface area (TPSA) is 81.8 Å². The summed E-state index contributed by atoms with van der Waals surface area (Å²) in [5, 5.41) is 5.35. The quantitative estimate of drug-likeness (QED) is 0.774. The monoisotopic (exact) mass is 414 g/mol. The Kier molecular flexibility index (Phi) is 7.13. The summed E-state index contributed by atoms with van der Waals surface area (Å²) in [6.07, 6.45) is 4.21. The van der Waals surface area contributed by atoms with E-state index in [1.807, 2.05) is 60.9 Å². The van der Waals surface area contributed by atoms with E-state index in [0.29, 0.717) is 26.2 Å². The maximum absolute atomic E-state index is 13.1. The third-order valence-electron chi connectivity index (χ3n) is 6.49. The van der Waals surface area contributed by atoms with Gasteiger partial charge >= 0.3 is 6.03 Å². The van der Waals surface area contributed by atoms with E-state index in [4.69, 9.17) is 0 Å². The van der Waals surface area contributed by atoms with E-state index in [1.54, 1.807) is 0 Å². The molecule has 3 rings (SSSR count). The summed E-state index contributed by atoms with van der Waals surface area (Å²) in [5.41, 5.74) is 0.406. The maximum Gasteiger partial charge on any atom is 0.321 e. The third-order valence-corrected chi connectivity index (χ3v) is 6.49. The molecule has 1 aliphatic heterocycles. The molecule has 164 valence electrons. The first-order valence-corrected chi connectivity index (χ1v) is 11.0. The number of hydrogen-bond donors (Lipinski definition) is 2. The van der Waals surface area contributed by atoms with Crippen molar-refractivity contribution in [1.29, 1.82) is 0 Å². The van der Waals surface area contributed by atoms with Crippen LogP contribution in [0.1, 0.15) is 52.0 Å². The van der Waals surface area contributed by atoms with Crippen LogP contribution >= 0.6 is 0 Å². The van der Waals surface area contributed by atoms with E-state index in [0.717, 1.165) is 31.2 Å². The van der Waals surface area contributed by atoms with E-state index in [-0.39, 0.29) is 17.9 Å². The van der Waals surface area contributed by atoms with Gasteiger partial charge in [-0.05, 0) is 39.2 Å². The number of imide groups is 1. The van der Waals surface area contributed by atoms with Crippen molar-refractivity contribution in [2.75, 3.05) is 26.2 Å². The number of amides is 4. The van der Waals surface area contributed by atoms with E-state index >= 15 is 0 Å². The Morgan fingerprint density at radius 2 is 1.60 bits per heavy atom. The van der Waals surface area contributed by atoms with E-state index in [2.05, 4.69) is 10.6 Å². The van der Waals surface area contributed by atoms with E-state index < -0.39 is 17.5 Å². The van der Waals surface area contributed by atoms with Crippen molar-refractivity contribution >= 4 is 17.8 Å². The van der Waals surface area contributed by atoms with Crippen LogP contribution in [0.15, 0.2) is 30.3 Å². The van der Waals surface area contributed by atoms with Gasteiger partial charge in [-0.15, -0.1) is 0 Å². The SMILES string of the molecule is CC(C(=O)NC(=O)NC1CCCC1)N1CCN(C(=O)C(C)(C)c2ccccc2)CC1. The van der Waals surface area contributed by atoms with Crippen LogP contribution < -0.4 is 10.6 Å². The zero-order chi connectivity index (χ0) is 21.7. The van der Waals surface area contributed by atoms with Crippen molar-refractivity contribution in [2.24, 2.45) is 0 Å². The standard InChI is InChI=1S/C23H34N4O3/c1-17(20(28)25-22(30)24-19-11-7-8-12-19)26-13-15-27(16-14-26)21(29)23(2,3)18-9-5-4-6-10-18/h4-6,9-10,17,19H,7-8,11-16H2,1-3H3,(H2,24,25,28,30). The fourth-order valence-electron chi connectivity index (χ4n) is 4.36. The molecule has 0 spiro atoms. The molecule has 2 aliphatic rings. The summed E-state index contributed by atoms with van der Waals surface area (Å²) >= 11 is 0. The zero-order valence-corrected chi connectivity index (χ0v) is 18.3. The molecule has 1 aliphatic carbocycles. The Labute approximate surface area is 179 Å². The van der Waals surface area contributed by atoms with Gasteiger partial charge in [0.1, 0.15) is 0 Å². The zero-order valence-electron chi connectivity index (χ0n) is 18.3. The minimum atomic E-state index is -0.593. The lowest BCUT2D eigenvalue weighted by Crippen LogP contribution is -2.58. The molecule has 0 bridgehead atoms. The highest BCUT2D eigenvalue weighted by Gasteiger charge is 2.36. The van der Waals surface area contributed by atoms with Gasteiger partial charge in [0.05, 0.1) is 11.5 Å². The van der Waals surface area contributed by atoms with Crippen LogP contribution in [0, 0.1) is 0 Å². The Balaban J connectivity index is 1.48. The number of piperazine rings is 1. The number of carbonyl (C=O) groups excluding carboxylic acids is 3. The van der Waals surface area contributed by atoms with Crippen LogP contribution in [-0.2, 0) is 15.0 Å². The van der Waals surface area contributed by atoms with Crippen molar-refractivity contribution in [3.63, 3.8) is 0 Å². The summed E-state index contributed by atoms with van der Waals surface area (Å²) in [5.74, 6) is -0.198. The molecule has 1 aromatic carbocycles. The van der Waals surface area contributed by atoms with Crippen molar-refractivity contribution in [3.05, 3.63) is 35.9 Å². The molecule has 1 heterocycles. The molecule has 0 aromatic heterocycles. The Morgan fingerprint density at radius 3 is 2.20 bits per heavy atom. The Bertz CT molecular complexity index is 751. The van der Waals surface area contributed by atoms with Gasteiger partial charge in [0.25, 0.3) is 0 Å². The van der Waals surface area contributed by atoms with E-state index in [9.17, 15) is 14.4 Å². The molecule has 1 aromatic rings. The Hall–Kier alpha value is -2.41. The molecule has 0 radical (unpaired) electrons. The summed E-state index contributed by atoms with van der Waals surface area (Å²) < 4.78 is 0. The lowest BCUT2D eigenvalue weighted by Gasteiger charge is -2.40. The van der Waals surface area contributed by atoms with Gasteiger partial charge in [0.2, 0.25) is 11.8 Å². The predicted octanol–water partition coefficient (Wildman–Crippen LogP) is 2.27. The van der Waals surface area contributed by atoms with Crippen LogP contribution in [0.5, 0.6) is 0 Å². The highest BCUT2D eigenvalue weighted by atomic mass is 16.2. The van der Waals surface area contributed by atoms with Gasteiger partial charge < -0.3 is 10.2 Å². The second-order valence-electron chi connectivity index (χ2n) is 8.94. The number of hydrogen-bond acceptors (Lipinski definition) is 4. The van der Waals surface area contributed by atoms with Crippen molar-refractivity contribution in [3.8, 4) is 0 Å². The second-order valence-corrected chi connectivity index (χ2v) is 8.94. The molecule has 4 amide bonds. The fourth-order valence-corrected chi connectivity index (χ4v) is 4.36. The lowest BCUT2D eigenvalue weighted by atomic mass is 9.83. The van der Waals surface area contributed by atoms with Gasteiger partial charge in [-0.3, -0.25) is 19.8 Å². The van der Waals surface area contributed by atoms with Crippen molar-refractivity contribution in [2.45, 2.75) is 64.0 Å².